The van der Waals surface area contributed by atoms with E-state index in [0.29, 0.717) is 6.54 Å². The predicted octanol–water partition coefficient (Wildman–Crippen LogP) is -0.149. The quantitative estimate of drug-likeness (QED) is 0.516. The van der Waals surface area contributed by atoms with Crippen molar-refractivity contribution in [2.45, 2.75) is 26.7 Å². The number of nitrogens with zero attached hydrogens (tertiary/aromatic N) is 2. The van der Waals surface area contributed by atoms with Crippen molar-refractivity contribution in [3.63, 3.8) is 0 Å². The molecule has 0 aliphatic carbocycles. The van der Waals surface area contributed by atoms with Crippen LogP contribution >= 0.6 is 0 Å². The summed E-state index contributed by atoms with van der Waals surface area (Å²) in [5.74, 6) is 0.800. The first-order valence-electron chi connectivity index (χ1n) is 4.26. The lowest BCUT2D eigenvalue weighted by Gasteiger charge is -2.24. The van der Waals surface area contributed by atoms with Crippen molar-refractivity contribution in [1.82, 2.24) is 15.3 Å². The van der Waals surface area contributed by atoms with Crippen LogP contribution in [0.3, 0.4) is 0 Å². The summed E-state index contributed by atoms with van der Waals surface area (Å²) in [7, 11) is 0. The van der Waals surface area contributed by atoms with E-state index in [2.05, 4.69) is 20.6 Å². The van der Waals surface area contributed by atoms with E-state index in [1.54, 1.807) is 0 Å². The van der Waals surface area contributed by atoms with Gasteiger partial charge in [0, 0.05) is 6.54 Å². The SMILES string of the molecule is Cc1nc2c(nc1C)NC(N)NC2. The molecule has 5 heteroatoms. The molecule has 0 fully saturated rings. The number of aromatic nitrogens is 2. The molecule has 2 heterocycles. The summed E-state index contributed by atoms with van der Waals surface area (Å²) in [6, 6.07) is 0. The van der Waals surface area contributed by atoms with Crippen molar-refractivity contribution in [1.29, 1.82) is 0 Å². The highest BCUT2D eigenvalue weighted by atomic mass is 15.3. The fourth-order valence-corrected chi connectivity index (χ4v) is 1.29. The van der Waals surface area contributed by atoms with Crippen molar-refractivity contribution in [3.8, 4) is 0 Å². The smallest absolute Gasteiger partial charge is 0.151 e. The first-order valence-corrected chi connectivity index (χ1v) is 4.26. The normalized spacial score (nSPS) is 20.7. The molecule has 2 rings (SSSR count). The summed E-state index contributed by atoms with van der Waals surface area (Å²) in [5.41, 5.74) is 8.50. The zero-order valence-electron chi connectivity index (χ0n) is 7.76. The molecule has 0 saturated carbocycles. The topological polar surface area (TPSA) is 75.9 Å². The van der Waals surface area contributed by atoms with Gasteiger partial charge < -0.3 is 5.32 Å². The highest BCUT2D eigenvalue weighted by Crippen LogP contribution is 2.15. The van der Waals surface area contributed by atoms with Gasteiger partial charge in [0.2, 0.25) is 0 Å². The van der Waals surface area contributed by atoms with Crippen LogP contribution in [0.2, 0.25) is 0 Å². The number of aryl methyl sites for hydroxylation is 2. The van der Waals surface area contributed by atoms with Gasteiger partial charge in [0.05, 0.1) is 17.1 Å². The average Bonchev–Trinajstić information content (AvgIpc) is 2.08. The Hall–Kier alpha value is -1.20. The summed E-state index contributed by atoms with van der Waals surface area (Å²) in [6.07, 6.45) is -0.219. The number of hydrogen-bond donors (Lipinski definition) is 3. The van der Waals surface area contributed by atoms with Gasteiger partial charge in [-0.3, -0.25) is 16.0 Å². The second-order valence-electron chi connectivity index (χ2n) is 3.19. The Bertz CT molecular complexity index is 336. The minimum atomic E-state index is -0.219. The lowest BCUT2D eigenvalue weighted by molar-refractivity contribution is 0.543. The molecule has 1 aliphatic rings. The zero-order valence-corrected chi connectivity index (χ0v) is 7.76. The maximum absolute atomic E-state index is 5.65. The molecule has 0 saturated heterocycles. The van der Waals surface area contributed by atoms with E-state index in [4.69, 9.17) is 5.73 Å². The van der Waals surface area contributed by atoms with Crippen molar-refractivity contribution in [3.05, 3.63) is 17.1 Å². The second kappa shape index (κ2) is 2.93. The summed E-state index contributed by atoms with van der Waals surface area (Å²) >= 11 is 0. The Balaban J connectivity index is 2.43. The van der Waals surface area contributed by atoms with E-state index in [0.717, 1.165) is 22.9 Å². The largest absolute Gasteiger partial charge is 0.341 e. The number of rotatable bonds is 0. The molecule has 13 heavy (non-hydrogen) atoms. The van der Waals surface area contributed by atoms with Crippen LogP contribution in [0.15, 0.2) is 0 Å². The van der Waals surface area contributed by atoms with Crippen LogP contribution in [0.5, 0.6) is 0 Å². The maximum Gasteiger partial charge on any atom is 0.151 e. The molecular weight excluding hydrogens is 166 g/mol. The van der Waals surface area contributed by atoms with Gasteiger partial charge in [-0.1, -0.05) is 0 Å². The molecule has 1 aromatic heterocycles. The van der Waals surface area contributed by atoms with E-state index >= 15 is 0 Å². The van der Waals surface area contributed by atoms with Crippen molar-refractivity contribution < 1.29 is 0 Å². The Morgan fingerprint density at radius 3 is 2.77 bits per heavy atom. The summed E-state index contributed by atoms with van der Waals surface area (Å²) < 4.78 is 0. The third kappa shape index (κ3) is 1.48. The Labute approximate surface area is 76.8 Å². The first kappa shape index (κ1) is 8.40. The van der Waals surface area contributed by atoms with E-state index < -0.39 is 0 Å². The molecule has 5 nitrogen and oxygen atoms in total. The number of fused-ring (bicyclic) bond motifs is 1. The van der Waals surface area contributed by atoms with Gasteiger partial charge in [0.1, 0.15) is 6.29 Å². The summed E-state index contributed by atoms with van der Waals surface area (Å²) in [6.45, 7) is 4.58. The van der Waals surface area contributed by atoms with Crippen molar-refractivity contribution in [2.75, 3.05) is 5.32 Å². The average molecular weight is 179 g/mol. The molecule has 70 valence electrons. The first-order chi connectivity index (χ1) is 6.16. The lowest BCUT2D eigenvalue weighted by atomic mass is 10.3. The van der Waals surface area contributed by atoms with E-state index in [1.165, 1.54) is 0 Å². The third-order valence-corrected chi connectivity index (χ3v) is 2.16. The standard InChI is InChI=1S/C8H13N5/c1-4-5(2)12-7-6(11-4)3-10-8(9)13-7/h8,10H,3,9H2,1-2H3,(H,12,13). The number of hydrogen-bond acceptors (Lipinski definition) is 5. The van der Waals surface area contributed by atoms with Crippen molar-refractivity contribution >= 4 is 5.82 Å². The number of anilines is 1. The van der Waals surface area contributed by atoms with Crippen LogP contribution in [-0.4, -0.2) is 16.3 Å². The number of nitrogens with two attached hydrogens (primary N) is 1. The van der Waals surface area contributed by atoms with E-state index in [9.17, 15) is 0 Å². The minimum Gasteiger partial charge on any atom is -0.341 e. The van der Waals surface area contributed by atoms with Crippen LogP contribution in [0.4, 0.5) is 5.82 Å². The molecule has 1 aliphatic heterocycles. The van der Waals surface area contributed by atoms with Crippen LogP contribution in [0.1, 0.15) is 17.1 Å². The van der Waals surface area contributed by atoms with Crippen LogP contribution < -0.4 is 16.4 Å². The fourth-order valence-electron chi connectivity index (χ4n) is 1.29. The Morgan fingerprint density at radius 1 is 1.31 bits per heavy atom. The lowest BCUT2D eigenvalue weighted by Crippen LogP contribution is -2.47. The monoisotopic (exact) mass is 179 g/mol. The molecule has 0 aromatic carbocycles. The van der Waals surface area contributed by atoms with Gasteiger partial charge in [0.15, 0.2) is 5.82 Å². The Kier molecular flexibility index (Phi) is 1.90. The van der Waals surface area contributed by atoms with E-state index in [-0.39, 0.29) is 6.29 Å². The van der Waals surface area contributed by atoms with Gasteiger partial charge in [-0.15, -0.1) is 0 Å². The summed E-state index contributed by atoms with van der Waals surface area (Å²) in [4.78, 5) is 8.77. The molecule has 0 bridgehead atoms. The molecule has 0 spiro atoms. The number of nitrogens with one attached hydrogen (secondary N) is 2. The van der Waals surface area contributed by atoms with E-state index in [1.807, 2.05) is 13.8 Å². The second-order valence-corrected chi connectivity index (χ2v) is 3.19. The predicted molar refractivity (Wildman–Crippen MR) is 49.9 cm³/mol. The van der Waals surface area contributed by atoms with Crippen LogP contribution in [0.25, 0.3) is 0 Å². The molecule has 4 N–H and O–H groups in total. The molecule has 1 aromatic rings. The van der Waals surface area contributed by atoms with Gasteiger partial charge in [-0.25, -0.2) is 4.98 Å². The van der Waals surface area contributed by atoms with Gasteiger partial charge in [-0.05, 0) is 13.8 Å². The minimum absolute atomic E-state index is 0.219. The maximum atomic E-state index is 5.65. The molecule has 0 radical (unpaired) electrons. The fraction of sp³-hybridized carbons (Fsp3) is 0.500. The summed E-state index contributed by atoms with van der Waals surface area (Å²) in [5, 5.41) is 6.07. The molecule has 1 atom stereocenters. The molecule has 1 unspecified atom stereocenters. The molecule has 0 amide bonds. The van der Waals surface area contributed by atoms with Crippen molar-refractivity contribution in [2.24, 2.45) is 5.73 Å². The molecular formula is C8H13N5. The Morgan fingerprint density at radius 2 is 2.00 bits per heavy atom. The highest BCUT2D eigenvalue weighted by Gasteiger charge is 2.16. The van der Waals surface area contributed by atoms with Gasteiger partial charge in [-0.2, -0.15) is 0 Å². The van der Waals surface area contributed by atoms with Crippen LogP contribution in [-0.2, 0) is 6.54 Å². The van der Waals surface area contributed by atoms with Gasteiger partial charge in [0.25, 0.3) is 0 Å². The zero-order chi connectivity index (χ0) is 9.42. The van der Waals surface area contributed by atoms with Crippen LogP contribution in [0, 0.1) is 13.8 Å². The van der Waals surface area contributed by atoms with Gasteiger partial charge >= 0.3 is 0 Å². The highest BCUT2D eigenvalue weighted by molar-refractivity contribution is 5.44. The third-order valence-electron chi connectivity index (χ3n) is 2.16.